The number of rotatable bonds is 6. The predicted octanol–water partition coefficient (Wildman–Crippen LogP) is 3.49. The molecule has 0 spiro atoms. The average Bonchev–Trinajstić information content (AvgIpc) is 3.40. The number of aromatic nitrogens is 6. The lowest BCUT2D eigenvalue weighted by molar-refractivity contribution is 0.342. The van der Waals surface area contributed by atoms with Gasteiger partial charge in [-0.05, 0) is 36.4 Å². The topological polar surface area (TPSA) is 125 Å². The van der Waals surface area contributed by atoms with E-state index in [-0.39, 0.29) is 24.6 Å². The SMILES string of the molecule is Cc1ccccc1-n1c(Cn2nc(C(C)/C=C/CO)c3c(N)ncnc32)nc2scc(C)c2c1=O. The molecule has 9 nitrogen and oxygen atoms in total. The smallest absolute Gasteiger partial charge is 0.267 e. The van der Waals surface area contributed by atoms with E-state index >= 15 is 0 Å². The van der Waals surface area contributed by atoms with Gasteiger partial charge in [-0.25, -0.2) is 19.6 Å². The van der Waals surface area contributed by atoms with Crippen LogP contribution >= 0.6 is 11.3 Å². The fourth-order valence-electron chi connectivity index (χ4n) is 4.32. The molecule has 35 heavy (non-hydrogen) atoms. The van der Waals surface area contributed by atoms with Gasteiger partial charge in [-0.1, -0.05) is 37.3 Å². The highest BCUT2D eigenvalue weighted by Crippen LogP contribution is 2.29. The Bertz CT molecular complexity index is 1650. The van der Waals surface area contributed by atoms with Crippen LogP contribution < -0.4 is 11.3 Å². The minimum atomic E-state index is -0.131. The van der Waals surface area contributed by atoms with Gasteiger partial charge in [0.1, 0.15) is 29.3 Å². The van der Waals surface area contributed by atoms with Crippen LogP contribution in [0.25, 0.3) is 26.9 Å². The number of para-hydroxylation sites is 1. The van der Waals surface area contributed by atoms with E-state index in [2.05, 4.69) is 9.97 Å². The molecule has 0 aliphatic rings. The van der Waals surface area contributed by atoms with Gasteiger partial charge < -0.3 is 10.8 Å². The third-order valence-corrected chi connectivity index (χ3v) is 7.05. The molecule has 0 fully saturated rings. The highest BCUT2D eigenvalue weighted by atomic mass is 32.1. The largest absolute Gasteiger partial charge is 0.392 e. The summed E-state index contributed by atoms with van der Waals surface area (Å²) in [6, 6.07) is 7.75. The number of hydrogen-bond donors (Lipinski definition) is 2. The van der Waals surface area contributed by atoms with Crippen molar-refractivity contribution >= 4 is 38.4 Å². The van der Waals surface area contributed by atoms with Crippen molar-refractivity contribution in [2.75, 3.05) is 12.3 Å². The van der Waals surface area contributed by atoms with Crippen molar-refractivity contribution in [3.05, 3.63) is 81.1 Å². The van der Waals surface area contributed by atoms with Gasteiger partial charge >= 0.3 is 0 Å². The number of benzene rings is 1. The second kappa shape index (κ2) is 9.05. The molecule has 1 aromatic carbocycles. The fraction of sp³-hybridized carbons (Fsp3) is 0.240. The Labute approximate surface area is 205 Å². The zero-order chi connectivity index (χ0) is 24.7. The highest BCUT2D eigenvalue weighted by molar-refractivity contribution is 7.16. The predicted molar refractivity (Wildman–Crippen MR) is 138 cm³/mol. The Morgan fingerprint density at radius 3 is 2.74 bits per heavy atom. The lowest BCUT2D eigenvalue weighted by Gasteiger charge is -2.15. The zero-order valence-corrected chi connectivity index (χ0v) is 20.5. The fourth-order valence-corrected chi connectivity index (χ4v) is 5.25. The van der Waals surface area contributed by atoms with Crippen LogP contribution in [0, 0.1) is 13.8 Å². The normalized spacial score (nSPS) is 12.8. The van der Waals surface area contributed by atoms with Crippen LogP contribution in [-0.4, -0.2) is 41.0 Å². The Hall–Kier alpha value is -3.89. The standard InChI is InChI=1S/C25H25N7O2S/c1-14-7-4-5-9-17(14)32-18(29-24-19(25(32)34)16(3)12-35-24)11-31-23-20(22(26)27-13-28-23)21(30-31)15(2)8-6-10-33/h4-9,12-13,15,33H,10-11H2,1-3H3,(H2,26,27,28)/b8-6+. The summed E-state index contributed by atoms with van der Waals surface area (Å²) in [4.78, 5) is 27.9. The zero-order valence-electron chi connectivity index (χ0n) is 19.6. The number of aliphatic hydroxyl groups excluding tert-OH is 1. The van der Waals surface area contributed by atoms with Crippen molar-refractivity contribution in [2.45, 2.75) is 33.2 Å². The van der Waals surface area contributed by atoms with Crippen molar-refractivity contribution in [3.8, 4) is 5.69 Å². The third kappa shape index (κ3) is 3.90. The van der Waals surface area contributed by atoms with Crippen molar-refractivity contribution in [1.82, 2.24) is 29.3 Å². The van der Waals surface area contributed by atoms with E-state index in [1.54, 1.807) is 15.3 Å². The summed E-state index contributed by atoms with van der Waals surface area (Å²) in [6.45, 7) is 6.01. The van der Waals surface area contributed by atoms with Crippen LogP contribution in [-0.2, 0) is 6.54 Å². The maximum absolute atomic E-state index is 13.7. The van der Waals surface area contributed by atoms with Crippen LogP contribution in [0.5, 0.6) is 0 Å². The van der Waals surface area contributed by atoms with Crippen molar-refractivity contribution in [2.24, 2.45) is 0 Å². The quantitative estimate of drug-likeness (QED) is 0.351. The van der Waals surface area contributed by atoms with Gasteiger partial charge in [-0.15, -0.1) is 11.3 Å². The first kappa shape index (κ1) is 22.9. The third-order valence-electron chi connectivity index (χ3n) is 6.06. The first-order valence-electron chi connectivity index (χ1n) is 11.2. The number of aliphatic hydroxyl groups is 1. The molecule has 5 aromatic rings. The van der Waals surface area contributed by atoms with Crippen LogP contribution in [0.2, 0.25) is 0 Å². The minimum absolute atomic E-state index is 0.0676. The summed E-state index contributed by atoms with van der Waals surface area (Å²) < 4.78 is 3.39. The number of nitrogens with two attached hydrogens (primary N) is 1. The molecular formula is C25H25N7O2S. The van der Waals surface area contributed by atoms with Gasteiger partial charge in [0.25, 0.3) is 5.56 Å². The van der Waals surface area contributed by atoms with Crippen molar-refractivity contribution < 1.29 is 5.11 Å². The molecule has 0 saturated heterocycles. The second-order valence-corrected chi connectivity index (χ2v) is 9.31. The molecule has 3 N–H and O–H groups in total. The van der Waals surface area contributed by atoms with Gasteiger partial charge in [-0.3, -0.25) is 9.36 Å². The molecule has 1 unspecified atom stereocenters. The number of fused-ring (bicyclic) bond motifs is 2. The van der Waals surface area contributed by atoms with E-state index in [1.165, 1.54) is 17.7 Å². The molecule has 4 aromatic heterocycles. The highest BCUT2D eigenvalue weighted by Gasteiger charge is 2.22. The van der Waals surface area contributed by atoms with E-state index in [4.69, 9.17) is 15.8 Å². The minimum Gasteiger partial charge on any atom is -0.392 e. The monoisotopic (exact) mass is 487 g/mol. The molecule has 0 radical (unpaired) electrons. The molecule has 10 heteroatoms. The lowest BCUT2D eigenvalue weighted by atomic mass is 10.1. The number of allylic oxidation sites excluding steroid dienone is 1. The second-order valence-electron chi connectivity index (χ2n) is 8.45. The molecule has 0 aliphatic heterocycles. The maximum Gasteiger partial charge on any atom is 0.267 e. The molecule has 1 atom stereocenters. The first-order chi connectivity index (χ1) is 16.9. The maximum atomic E-state index is 13.7. The number of thiophene rings is 1. The summed E-state index contributed by atoms with van der Waals surface area (Å²) in [6.07, 6.45) is 4.93. The lowest BCUT2D eigenvalue weighted by Crippen LogP contribution is -2.26. The van der Waals surface area contributed by atoms with Crippen LogP contribution in [0.1, 0.15) is 35.5 Å². The number of aryl methyl sites for hydroxylation is 2. The summed E-state index contributed by atoms with van der Waals surface area (Å²) in [5.74, 6) is 0.743. The van der Waals surface area contributed by atoms with E-state index < -0.39 is 0 Å². The molecule has 0 bridgehead atoms. The number of anilines is 1. The summed E-state index contributed by atoms with van der Waals surface area (Å²) >= 11 is 1.45. The van der Waals surface area contributed by atoms with Crippen LogP contribution in [0.15, 0.2) is 52.9 Å². The molecule has 0 saturated carbocycles. The Morgan fingerprint density at radius 1 is 1.17 bits per heavy atom. The Kier molecular flexibility index (Phi) is 5.91. The van der Waals surface area contributed by atoms with E-state index in [9.17, 15) is 9.90 Å². The van der Waals surface area contributed by atoms with Gasteiger partial charge in [0.2, 0.25) is 0 Å². The van der Waals surface area contributed by atoms with E-state index in [1.807, 2.05) is 56.5 Å². The summed E-state index contributed by atoms with van der Waals surface area (Å²) in [5, 5.41) is 17.3. The molecule has 178 valence electrons. The van der Waals surface area contributed by atoms with E-state index in [0.29, 0.717) is 38.6 Å². The van der Waals surface area contributed by atoms with Gasteiger partial charge in [0.05, 0.1) is 28.8 Å². The average molecular weight is 488 g/mol. The molecular weight excluding hydrogens is 462 g/mol. The number of nitrogens with zero attached hydrogens (tertiary/aromatic N) is 6. The molecule has 4 heterocycles. The summed E-state index contributed by atoms with van der Waals surface area (Å²) in [7, 11) is 0. The summed E-state index contributed by atoms with van der Waals surface area (Å²) in [5.41, 5.74) is 10.0. The molecule has 0 aliphatic carbocycles. The van der Waals surface area contributed by atoms with E-state index in [0.717, 1.165) is 16.8 Å². The van der Waals surface area contributed by atoms with Crippen molar-refractivity contribution in [1.29, 1.82) is 0 Å². The van der Waals surface area contributed by atoms with Crippen LogP contribution in [0.4, 0.5) is 5.82 Å². The van der Waals surface area contributed by atoms with Gasteiger partial charge in [0.15, 0.2) is 5.65 Å². The number of nitrogen functional groups attached to an aromatic ring is 1. The number of hydrogen-bond acceptors (Lipinski definition) is 8. The molecule has 5 rings (SSSR count). The van der Waals surface area contributed by atoms with Gasteiger partial charge in [0, 0.05) is 5.92 Å². The molecule has 0 amide bonds. The van der Waals surface area contributed by atoms with Gasteiger partial charge in [-0.2, -0.15) is 5.10 Å². The van der Waals surface area contributed by atoms with Crippen LogP contribution in [0.3, 0.4) is 0 Å². The first-order valence-corrected chi connectivity index (χ1v) is 12.1. The van der Waals surface area contributed by atoms with Crippen molar-refractivity contribution in [3.63, 3.8) is 0 Å². The Balaban J connectivity index is 1.75. The Morgan fingerprint density at radius 2 is 1.97 bits per heavy atom.